The number of fused-ring (bicyclic) bond motifs is 2. The predicted molar refractivity (Wildman–Crippen MR) is 123 cm³/mol. The molecule has 0 aliphatic rings. The van der Waals surface area contributed by atoms with E-state index >= 15 is 0 Å². The summed E-state index contributed by atoms with van der Waals surface area (Å²) in [5.74, 6) is 0.187. The van der Waals surface area contributed by atoms with Crippen molar-refractivity contribution in [3.63, 3.8) is 0 Å². The van der Waals surface area contributed by atoms with Crippen LogP contribution in [0.4, 0.5) is 0 Å². The van der Waals surface area contributed by atoms with Gasteiger partial charge in [0.2, 0.25) is 0 Å². The SMILES string of the molecule is Cc1ccc2c(c1)c(C(c1ccccc1)c1cn(C)c3ccc(C)cc13)cn2C. The van der Waals surface area contributed by atoms with Gasteiger partial charge in [-0.25, -0.2) is 0 Å². The van der Waals surface area contributed by atoms with Crippen LogP contribution in [-0.2, 0) is 14.1 Å². The van der Waals surface area contributed by atoms with E-state index in [4.69, 9.17) is 0 Å². The first kappa shape index (κ1) is 17.8. The molecule has 0 unspecified atom stereocenters. The van der Waals surface area contributed by atoms with Crippen molar-refractivity contribution < 1.29 is 0 Å². The molecule has 2 heterocycles. The van der Waals surface area contributed by atoms with Gasteiger partial charge >= 0.3 is 0 Å². The number of benzene rings is 3. The molecule has 3 aromatic carbocycles. The van der Waals surface area contributed by atoms with Crippen molar-refractivity contribution in [3.05, 3.63) is 107 Å². The minimum absolute atomic E-state index is 0.187. The zero-order valence-electron chi connectivity index (χ0n) is 17.5. The molecular weight excluding hydrogens is 352 g/mol. The fraction of sp³-hybridized carbons (Fsp3) is 0.185. The van der Waals surface area contributed by atoms with Crippen molar-refractivity contribution in [2.24, 2.45) is 14.1 Å². The van der Waals surface area contributed by atoms with E-state index in [9.17, 15) is 0 Å². The van der Waals surface area contributed by atoms with Gasteiger partial charge < -0.3 is 9.13 Å². The van der Waals surface area contributed by atoms with E-state index in [1.807, 2.05) is 0 Å². The Morgan fingerprint density at radius 3 is 1.59 bits per heavy atom. The molecule has 0 saturated heterocycles. The van der Waals surface area contributed by atoms with E-state index in [0.717, 1.165) is 0 Å². The van der Waals surface area contributed by atoms with E-state index < -0.39 is 0 Å². The van der Waals surface area contributed by atoms with Crippen LogP contribution >= 0.6 is 0 Å². The Morgan fingerprint density at radius 2 is 1.10 bits per heavy atom. The number of aromatic nitrogens is 2. The molecule has 0 atom stereocenters. The second-order valence-corrected chi connectivity index (χ2v) is 8.28. The number of aryl methyl sites for hydroxylation is 4. The third kappa shape index (κ3) is 2.87. The highest BCUT2D eigenvalue weighted by Gasteiger charge is 2.24. The third-order valence-corrected chi connectivity index (χ3v) is 6.11. The van der Waals surface area contributed by atoms with Gasteiger partial charge in [-0.05, 0) is 54.8 Å². The molecule has 0 aliphatic carbocycles. The highest BCUT2D eigenvalue weighted by molar-refractivity contribution is 5.90. The average Bonchev–Trinajstić information content (AvgIpc) is 3.20. The average molecular weight is 379 g/mol. The standard InChI is InChI=1S/C27H26N2/c1-18-10-12-25-21(14-18)23(16-28(25)3)27(20-8-6-5-7-9-20)24-17-29(4)26-13-11-19(2)15-22(24)26/h5-17,27H,1-4H3. The summed E-state index contributed by atoms with van der Waals surface area (Å²) in [6.07, 6.45) is 4.63. The summed E-state index contributed by atoms with van der Waals surface area (Å²) < 4.78 is 4.52. The van der Waals surface area contributed by atoms with E-state index in [-0.39, 0.29) is 5.92 Å². The summed E-state index contributed by atoms with van der Waals surface area (Å²) in [6, 6.07) is 24.4. The molecule has 0 bridgehead atoms. The molecule has 0 saturated carbocycles. The fourth-order valence-corrected chi connectivity index (χ4v) is 4.70. The quantitative estimate of drug-likeness (QED) is 0.341. The summed E-state index contributed by atoms with van der Waals surface area (Å²) >= 11 is 0. The van der Waals surface area contributed by atoms with Gasteiger partial charge in [-0.1, -0.05) is 53.6 Å². The normalized spacial score (nSPS) is 11.8. The second-order valence-electron chi connectivity index (χ2n) is 8.28. The number of rotatable bonds is 3. The van der Waals surface area contributed by atoms with Gasteiger partial charge in [0.25, 0.3) is 0 Å². The molecule has 0 spiro atoms. The van der Waals surface area contributed by atoms with E-state index in [0.29, 0.717) is 0 Å². The Hall–Kier alpha value is -3.26. The van der Waals surface area contributed by atoms with E-state index in [1.165, 1.54) is 49.6 Å². The van der Waals surface area contributed by atoms with Crippen LogP contribution in [0.25, 0.3) is 21.8 Å². The minimum atomic E-state index is 0.187. The lowest BCUT2D eigenvalue weighted by Crippen LogP contribution is -2.02. The molecule has 0 N–H and O–H groups in total. The zero-order chi connectivity index (χ0) is 20.1. The van der Waals surface area contributed by atoms with Crippen LogP contribution in [0, 0.1) is 13.8 Å². The summed E-state index contributed by atoms with van der Waals surface area (Å²) in [5, 5.41) is 2.68. The monoisotopic (exact) mass is 378 g/mol. The maximum atomic E-state index is 2.33. The number of nitrogens with zero attached hydrogens (tertiary/aromatic N) is 2. The van der Waals surface area contributed by atoms with Gasteiger partial charge in [0.15, 0.2) is 0 Å². The lowest BCUT2D eigenvalue weighted by molar-refractivity contribution is 0.912. The highest BCUT2D eigenvalue weighted by Crippen LogP contribution is 2.40. The van der Waals surface area contributed by atoms with Gasteiger partial charge in [0.1, 0.15) is 0 Å². The van der Waals surface area contributed by atoms with Gasteiger partial charge in [-0.2, -0.15) is 0 Å². The molecule has 2 heteroatoms. The first-order chi connectivity index (χ1) is 14.0. The maximum absolute atomic E-state index is 2.33. The van der Waals surface area contributed by atoms with Crippen LogP contribution in [0.2, 0.25) is 0 Å². The molecule has 144 valence electrons. The molecule has 0 radical (unpaired) electrons. The van der Waals surface area contributed by atoms with Crippen LogP contribution in [0.5, 0.6) is 0 Å². The predicted octanol–water partition coefficient (Wildman–Crippen LogP) is 6.47. The summed E-state index contributed by atoms with van der Waals surface area (Å²) in [6.45, 7) is 4.35. The zero-order valence-corrected chi connectivity index (χ0v) is 17.5. The molecule has 0 fully saturated rings. The smallest absolute Gasteiger partial charge is 0.0481 e. The molecule has 2 aromatic heterocycles. The molecule has 2 nitrogen and oxygen atoms in total. The third-order valence-electron chi connectivity index (χ3n) is 6.11. The van der Waals surface area contributed by atoms with Crippen molar-refractivity contribution in [2.75, 3.05) is 0 Å². The Bertz CT molecular complexity index is 1250. The van der Waals surface area contributed by atoms with Crippen LogP contribution in [0.3, 0.4) is 0 Å². The molecule has 5 aromatic rings. The van der Waals surface area contributed by atoms with Crippen LogP contribution in [0.1, 0.15) is 33.7 Å². The largest absolute Gasteiger partial charge is 0.350 e. The number of hydrogen-bond donors (Lipinski definition) is 0. The Morgan fingerprint density at radius 1 is 0.621 bits per heavy atom. The maximum Gasteiger partial charge on any atom is 0.0481 e. The molecule has 0 amide bonds. The Labute approximate surface area is 172 Å². The van der Waals surface area contributed by atoms with Crippen molar-refractivity contribution >= 4 is 21.8 Å². The van der Waals surface area contributed by atoms with Crippen molar-refractivity contribution in [2.45, 2.75) is 19.8 Å². The van der Waals surface area contributed by atoms with Crippen molar-refractivity contribution in [1.29, 1.82) is 0 Å². The fourth-order valence-electron chi connectivity index (χ4n) is 4.70. The van der Waals surface area contributed by atoms with Crippen LogP contribution in [-0.4, -0.2) is 9.13 Å². The molecule has 0 aliphatic heterocycles. The highest BCUT2D eigenvalue weighted by atomic mass is 14.9. The lowest BCUT2D eigenvalue weighted by atomic mass is 9.84. The van der Waals surface area contributed by atoms with E-state index in [2.05, 4.69) is 116 Å². The lowest BCUT2D eigenvalue weighted by Gasteiger charge is -2.17. The van der Waals surface area contributed by atoms with Gasteiger partial charge in [0, 0.05) is 54.2 Å². The first-order valence-corrected chi connectivity index (χ1v) is 10.2. The van der Waals surface area contributed by atoms with Gasteiger partial charge in [-0.15, -0.1) is 0 Å². The van der Waals surface area contributed by atoms with Gasteiger partial charge in [0.05, 0.1) is 0 Å². The van der Waals surface area contributed by atoms with Gasteiger partial charge in [-0.3, -0.25) is 0 Å². The Balaban J connectivity index is 1.86. The van der Waals surface area contributed by atoms with Crippen LogP contribution in [0.15, 0.2) is 79.1 Å². The minimum Gasteiger partial charge on any atom is -0.350 e. The summed E-state index contributed by atoms with van der Waals surface area (Å²) in [7, 11) is 4.30. The number of hydrogen-bond acceptors (Lipinski definition) is 0. The van der Waals surface area contributed by atoms with E-state index in [1.54, 1.807) is 0 Å². The molecular formula is C27H26N2. The Kier molecular flexibility index (Phi) is 4.09. The van der Waals surface area contributed by atoms with Crippen molar-refractivity contribution in [1.82, 2.24) is 9.13 Å². The molecule has 5 rings (SSSR count). The van der Waals surface area contributed by atoms with Crippen LogP contribution < -0.4 is 0 Å². The first-order valence-electron chi connectivity index (χ1n) is 10.2. The summed E-state index contributed by atoms with van der Waals surface area (Å²) in [5.41, 5.74) is 9.22. The van der Waals surface area contributed by atoms with Crippen molar-refractivity contribution in [3.8, 4) is 0 Å². The second kappa shape index (κ2) is 6.66. The molecule has 29 heavy (non-hydrogen) atoms. The topological polar surface area (TPSA) is 9.86 Å². The summed E-state index contributed by atoms with van der Waals surface area (Å²) in [4.78, 5) is 0.